The maximum atomic E-state index is 13.8. The van der Waals surface area contributed by atoms with Gasteiger partial charge in [-0.3, -0.25) is 14.3 Å². The minimum Gasteiger partial charge on any atom is -0.507 e. The maximum Gasteiger partial charge on any atom is 0.260 e. The number of allylic oxidation sites excluding steroid dienone is 2. The molecular weight excluding hydrogens is 556 g/mol. The van der Waals surface area contributed by atoms with Crippen LogP contribution in [0.25, 0.3) is 28.3 Å². The van der Waals surface area contributed by atoms with Crippen molar-refractivity contribution in [3.63, 3.8) is 0 Å². The average Bonchev–Trinajstić information content (AvgIpc) is 3.19. The number of nitrogens with zero attached hydrogens (tertiary/aromatic N) is 4. The molecule has 2 aromatic carbocycles. The monoisotopic (exact) mass is 600 g/mol. The number of anilines is 1. The molecule has 4 heterocycles. The van der Waals surface area contributed by atoms with Crippen molar-refractivity contribution in [3.05, 3.63) is 111 Å². The number of rotatable bonds is 7. The van der Waals surface area contributed by atoms with Crippen LogP contribution in [0.2, 0.25) is 0 Å². The topological polar surface area (TPSA) is 70.7 Å². The van der Waals surface area contributed by atoms with Gasteiger partial charge >= 0.3 is 0 Å². The van der Waals surface area contributed by atoms with Crippen molar-refractivity contribution >= 4 is 11.8 Å². The second-order valence-corrected chi connectivity index (χ2v) is 12.5. The van der Waals surface area contributed by atoms with Crippen LogP contribution in [0.3, 0.4) is 0 Å². The van der Waals surface area contributed by atoms with E-state index in [1.165, 1.54) is 43.4 Å². The summed E-state index contributed by atoms with van der Waals surface area (Å²) < 4.78 is 1.73. The van der Waals surface area contributed by atoms with Gasteiger partial charge in [0, 0.05) is 59.8 Å². The number of fused-ring (bicyclic) bond motifs is 1. The van der Waals surface area contributed by atoms with E-state index in [2.05, 4.69) is 53.2 Å². The number of phenolic OH excluding ortho intramolecular Hbond substituents is 1. The highest BCUT2D eigenvalue weighted by atomic mass is 16.3. The molecule has 0 amide bonds. The normalized spacial score (nSPS) is 17.1. The van der Waals surface area contributed by atoms with E-state index in [0.717, 1.165) is 60.3 Å². The van der Waals surface area contributed by atoms with Crippen LogP contribution >= 0.6 is 0 Å². The van der Waals surface area contributed by atoms with E-state index in [9.17, 15) is 9.90 Å². The van der Waals surface area contributed by atoms with E-state index in [1.807, 2.05) is 37.3 Å². The highest BCUT2D eigenvalue weighted by molar-refractivity contribution is 5.75. The van der Waals surface area contributed by atoms with E-state index in [-0.39, 0.29) is 11.3 Å². The first kappa shape index (κ1) is 30.6. The molecule has 0 aliphatic carbocycles. The molecule has 1 N–H and O–H groups in total. The Balaban J connectivity index is 1.20. The smallest absolute Gasteiger partial charge is 0.260 e. The molecule has 2 aliphatic rings. The predicted molar refractivity (Wildman–Crippen MR) is 184 cm³/mol. The zero-order chi connectivity index (χ0) is 31.2. The van der Waals surface area contributed by atoms with Gasteiger partial charge in [-0.1, -0.05) is 56.2 Å². The third kappa shape index (κ3) is 7.11. The summed E-state index contributed by atoms with van der Waals surface area (Å²) in [5.41, 5.74) is 6.93. The summed E-state index contributed by atoms with van der Waals surface area (Å²) in [5, 5.41) is 11.9. The molecule has 45 heavy (non-hydrogen) atoms. The second kappa shape index (κ2) is 14.1. The van der Waals surface area contributed by atoms with Crippen LogP contribution in [-0.2, 0) is 13.0 Å². The molecule has 0 bridgehead atoms. The van der Waals surface area contributed by atoms with Crippen molar-refractivity contribution in [3.8, 4) is 28.0 Å². The summed E-state index contributed by atoms with van der Waals surface area (Å²) >= 11 is 0. The fourth-order valence-corrected chi connectivity index (χ4v) is 6.66. The minimum atomic E-state index is -0.149. The molecule has 232 valence electrons. The molecule has 4 aromatic rings. The Bertz CT molecular complexity index is 1840. The van der Waals surface area contributed by atoms with E-state index in [0.29, 0.717) is 23.2 Å². The van der Waals surface area contributed by atoms with Crippen LogP contribution in [0.1, 0.15) is 64.4 Å². The number of phenols is 1. The van der Waals surface area contributed by atoms with E-state index >= 15 is 0 Å². The number of aromatic hydroxyl groups is 1. The van der Waals surface area contributed by atoms with Crippen LogP contribution in [-0.4, -0.2) is 27.7 Å². The fourth-order valence-electron chi connectivity index (χ4n) is 6.66. The highest BCUT2D eigenvalue weighted by Gasteiger charge is 2.16. The molecule has 1 saturated heterocycles. The molecule has 0 spiro atoms. The Morgan fingerprint density at radius 2 is 1.71 bits per heavy atom. The summed E-state index contributed by atoms with van der Waals surface area (Å²) in [5.74, 6) is 0.918. The molecule has 0 radical (unpaired) electrons. The molecule has 1 unspecified atom stereocenters. The quantitative estimate of drug-likeness (QED) is 0.247. The van der Waals surface area contributed by atoms with Crippen LogP contribution in [0.15, 0.2) is 94.6 Å². The molecule has 6 heteroatoms. The summed E-state index contributed by atoms with van der Waals surface area (Å²) in [7, 11) is 0. The average molecular weight is 601 g/mol. The zero-order valence-electron chi connectivity index (χ0n) is 26.6. The lowest BCUT2D eigenvalue weighted by atomic mass is 10.00. The van der Waals surface area contributed by atoms with Gasteiger partial charge in [0.25, 0.3) is 5.56 Å². The Hall–Kier alpha value is -4.45. The van der Waals surface area contributed by atoms with Crippen molar-refractivity contribution in [2.75, 3.05) is 18.0 Å². The lowest BCUT2D eigenvalue weighted by Gasteiger charge is -2.24. The number of hydrogen-bond acceptors (Lipinski definition) is 5. The maximum absolute atomic E-state index is 13.8. The number of pyridine rings is 2. The standard InChI is InChI=1S/C39H44N4O2/c1-3-43-38-31(25-36(39(43)45)35-21-17-30(26-37(35)44)32-12-7-22-40-27-32)11-6-13-33(41-38)18-14-29-15-19-34(20-16-29)42-23-5-4-9-28(2)10-8-24-42/h7,11-13,15-17,19-22,25-28,44H,3-6,8-10,14,18,23-24H2,1-2H3. The van der Waals surface area contributed by atoms with Crippen LogP contribution in [0.4, 0.5) is 5.69 Å². The lowest BCUT2D eigenvalue weighted by Crippen LogP contribution is -2.43. The van der Waals surface area contributed by atoms with Crippen LogP contribution in [0.5, 0.6) is 5.75 Å². The van der Waals surface area contributed by atoms with Gasteiger partial charge in [0.1, 0.15) is 11.2 Å². The van der Waals surface area contributed by atoms with Crippen LogP contribution < -0.4 is 21.2 Å². The number of aryl methyl sites for hydroxylation is 1. The number of hydrogen-bond donors (Lipinski definition) is 1. The van der Waals surface area contributed by atoms with Crippen molar-refractivity contribution in [2.24, 2.45) is 10.9 Å². The summed E-state index contributed by atoms with van der Waals surface area (Å²) in [6.07, 6.45) is 16.8. The van der Waals surface area contributed by atoms with Gasteiger partial charge in [0.05, 0.1) is 5.56 Å². The predicted octanol–water partition coefficient (Wildman–Crippen LogP) is 7.03. The van der Waals surface area contributed by atoms with Gasteiger partial charge in [-0.15, -0.1) is 0 Å². The van der Waals surface area contributed by atoms with Gasteiger partial charge in [0.2, 0.25) is 0 Å². The van der Waals surface area contributed by atoms with Crippen molar-refractivity contribution < 1.29 is 5.11 Å². The number of benzene rings is 2. The molecule has 0 saturated carbocycles. The fraction of sp³-hybridized carbons (Fsp3) is 0.359. The third-order valence-corrected chi connectivity index (χ3v) is 9.30. The number of aromatic nitrogens is 2. The second-order valence-electron chi connectivity index (χ2n) is 12.5. The molecule has 6 nitrogen and oxygen atoms in total. The highest BCUT2D eigenvalue weighted by Crippen LogP contribution is 2.31. The van der Waals surface area contributed by atoms with Crippen molar-refractivity contribution in [1.82, 2.24) is 9.55 Å². The van der Waals surface area contributed by atoms with E-state index in [4.69, 9.17) is 4.99 Å². The Morgan fingerprint density at radius 3 is 2.49 bits per heavy atom. The summed E-state index contributed by atoms with van der Waals surface area (Å²) in [6, 6.07) is 20.2. The van der Waals surface area contributed by atoms with E-state index < -0.39 is 0 Å². The minimum absolute atomic E-state index is 0.0721. The lowest BCUT2D eigenvalue weighted by molar-refractivity contribution is 0.471. The molecular formula is C39H44N4O2. The molecule has 2 aliphatic heterocycles. The molecule has 1 atom stereocenters. The molecule has 2 aromatic heterocycles. The largest absolute Gasteiger partial charge is 0.507 e. The Kier molecular flexibility index (Phi) is 9.58. The van der Waals surface area contributed by atoms with Gasteiger partial charge in [-0.2, -0.15) is 0 Å². The summed E-state index contributed by atoms with van der Waals surface area (Å²) in [6.45, 7) is 7.14. The van der Waals surface area contributed by atoms with Gasteiger partial charge in [-0.25, -0.2) is 4.99 Å². The van der Waals surface area contributed by atoms with Gasteiger partial charge < -0.3 is 10.0 Å². The Morgan fingerprint density at radius 1 is 0.889 bits per heavy atom. The SMILES string of the molecule is CCn1c(=O)c(-c2ccc(-c3cccnc3)cc2O)cc2c1=NC(CCc1ccc(N3CCCCC(C)CCC3)cc1)=CCC=2. The molecule has 6 rings (SSSR count). The first-order valence-corrected chi connectivity index (χ1v) is 16.6. The Labute approximate surface area is 266 Å². The zero-order valence-corrected chi connectivity index (χ0v) is 26.6. The molecule has 1 fully saturated rings. The third-order valence-electron chi connectivity index (χ3n) is 9.30. The summed E-state index contributed by atoms with van der Waals surface area (Å²) in [4.78, 5) is 25.5. The van der Waals surface area contributed by atoms with Gasteiger partial charge in [-0.05, 0) is 98.9 Å². The first-order valence-electron chi connectivity index (χ1n) is 16.6. The first-order chi connectivity index (χ1) is 22.0. The van der Waals surface area contributed by atoms with Crippen molar-refractivity contribution in [2.45, 2.75) is 71.8 Å². The van der Waals surface area contributed by atoms with E-state index in [1.54, 1.807) is 23.0 Å². The van der Waals surface area contributed by atoms with Gasteiger partial charge in [0.15, 0.2) is 0 Å². The van der Waals surface area contributed by atoms with Crippen LogP contribution in [0, 0.1) is 5.92 Å². The van der Waals surface area contributed by atoms with Crippen molar-refractivity contribution in [1.29, 1.82) is 0 Å².